The SMILES string of the molecule is Cc1cccc(Cl)c1C1=NCc2nc(N3CCC(N)(CO)CC3)cnc21.Cc1nccc(C2=NCc3nc(N4CCC(O)(CN)CC4)cnc32)c1Cl.Cc1nccc(C2=NCc3nc(N4CCC5(CCC5N)CC4)cnc32)c1Cl.Cc1nccc(C2=NCc3nc(N4CCC5(CCC5N)CC4)cnc32)c1Cl.Cc1nccc(C2=NCc3nc(N4CCC5(CCC[C@H]5N)CC4)cnc32)c1Cl. The third kappa shape index (κ3) is 18.1. The van der Waals surface area contributed by atoms with Gasteiger partial charge in [-0.05, 0) is 189 Å². The first-order valence-corrected chi connectivity index (χ1v) is 48.7. The number of aliphatic imine (C=N–C) groups is 5. The average molecular weight is 1910 g/mol. The smallest absolute Gasteiger partial charge is 0.147 e. The summed E-state index contributed by atoms with van der Waals surface area (Å²) >= 11 is 32.1. The minimum absolute atomic E-state index is 0.0189. The van der Waals surface area contributed by atoms with Gasteiger partial charge >= 0.3 is 0 Å². The molecule has 31 nitrogen and oxygen atoms in total. The molecule has 10 aromatic rings. The number of rotatable bonds is 12. The zero-order valence-electron chi connectivity index (χ0n) is 76.4. The van der Waals surface area contributed by atoms with Crippen molar-refractivity contribution < 1.29 is 10.2 Å². The van der Waals surface area contributed by atoms with E-state index in [4.69, 9.17) is 127 Å². The molecule has 3 spiro atoms. The fourth-order valence-electron chi connectivity index (χ4n) is 21.1. The van der Waals surface area contributed by atoms with Gasteiger partial charge in [0.2, 0.25) is 0 Å². The van der Waals surface area contributed by atoms with Crippen molar-refractivity contribution in [1.29, 1.82) is 0 Å². The maximum Gasteiger partial charge on any atom is 0.147 e. The van der Waals surface area contributed by atoms with Gasteiger partial charge in [-0.25, -0.2) is 49.8 Å². The van der Waals surface area contributed by atoms with Gasteiger partial charge in [0.15, 0.2) is 0 Å². The first-order valence-electron chi connectivity index (χ1n) is 46.8. The Morgan fingerprint density at radius 2 is 0.642 bits per heavy atom. The maximum atomic E-state index is 10.3. The summed E-state index contributed by atoms with van der Waals surface area (Å²) in [4.78, 5) is 99.1. The molecular formula is C98H114Cl5N29O2. The fraction of sp³-hybridized carbons (Fsp3) is 0.480. The summed E-state index contributed by atoms with van der Waals surface area (Å²) < 4.78 is 0. The van der Waals surface area contributed by atoms with E-state index in [1.165, 1.54) is 44.9 Å². The predicted octanol–water partition coefficient (Wildman–Crippen LogP) is 12.6. The molecule has 2 unspecified atom stereocenters. The van der Waals surface area contributed by atoms with Gasteiger partial charge in [-0.3, -0.25) is 44.9 Å². The van der Waals surface area contributed by atoms with Crippen molar-refractivity contribution in [2.45, 2.75) is 206 Å². The largest absolute Gasteiger partial charge is 0.394 e. The number of benzene rings is 1. The van der Waals surface area contributed by atoms with E-state index in [0.717, 1.165) is 274 Å². The molecule has 134 heavy (non-hydrogen) atoms. The van der Waals surface area contributed by atoms with Crippen molar-refractivity contribution in [3.63, 3.8) is 0 Å². The molecule has 36 heteroatoms. The molecule has 0 bridgehead atoms. The Bertz CT molecular complexity index is 6140. The number of anilines is 5. The number of aliphatic hydroxyl groups excluding tert-OH is 1. The molecule has 3 saturated carbocycles. The topological polar surface area (TPSA) is 429 Å². The van der Waals surface area contributed by atoms with Crippen LogP contribution < -0.4 is 53.2 Å². The molecule has 698 valence electrons. The van der Waals surface area contributed by atoms with Crippen LogP contribution in [0.1, 0.15) is 222 Å². The van der Waals surface area contributed by atoms with Gasteiger partial charge in [-0.15, -0.1) is 0 Å². The molecular weight excluding hydrogens is 1790 g/mol. The number of fused-ring (bicyclic) bond motifs is 5. The van der Waals surface area contributed by atoms with Crippen LogP contribution in [-0.4, -0.2) is 216 Å². The molecule has 3 atom stereocenters. The Morgan fingerprint density at radius 1 is 0.358 bits per heavy atom. The van der Waals surface area contributed by atoms with E-state index in [1.807, 2.05) is 95.7 Å². The molecule has 0 radical (unpaired) electrons. The number of piperidine rings is 5. The number of hydrogen-bond donors (Lipinski definition) is 7. The Labute approximate surface area is 805 Å². The highest BCUT2D eigenvalue weighted by atomic mass is 35.5. The summed E-state index contributed by atoms with van der Waals surface area (Å²) in [6.07, 6.45) is 34.5. The van der Waals surface area contributed by atoms with Gasteiger partial charge in [0.1, 0.15) is 57.6 Å². The highest BCUT2D eigenvalue weighted by Crippen LogP contribution is 2.51. The zero-order chi connectivity index (χ0) is 93.1. The van der Waals surface area contributed by atoms with Gasteiger partial charge in [-0.2, -0.15) is 0 Å². The lowest BCUT2D eigenvalue weighted by Crippen LogP contribution is -2.56. The number of nitrogens with two attached hydrogens (primary N) is 5. The van der Waals surface area contributed by atoms with E-state index >= 15 is 0 Å². The number of pyridine rings is 4. The van der Waals surface area contributed by atoms with Crippen LogP contribution in [0.4, 0.5) is 29.1 Å². The third-order valence-corrected chi connectivity index (χ3v) is 32.7. The normalized spacial score (nSPS) is 21.4. The first-order chi connectivity index (χ1) is 64.7. The summed E-state index contributed by atoms with van der Waals surface area (Å²) in [5.74, 6) is 4.51. The lowest BCUT2D eigenvalue weighted by atomic mass is 9.60. The number of aromatic nitrogens is 14. The Hall–Kier alpha value is -10.3. The monoisotopic (exact) mass is 1900 g/mol. The van der Waals surface area contributed by atoms with Crippen LogP contribution in [-0.2, 0) is 32.7 Å². The van der Waals surface area contributed by atoms with Gasteiger partial charge in [0.05, 0.1) is 181 Å². The first kappa shape index (κ1) is 92.8. The van der Waals surface area contributed by atoms with Crippen molar-refractivity contribution in [2.24, 2.45) is 69.9 Å². The van der Waals surface area contributed by atoms with Crippen molar-refractivity contribution in [2.75, 3.05) is 103 Å². The average Bonchev–Trinajstić information content (AvgIpc) is 1.36. The number of aliphatic hydroxyl groups is 2. The second kappa shape index (κ2) is 38.4. The maximum absolute atomic E-state index is 10.3. The molecule has 8 fully saturated rings. The van der Waals surface area contributed by atoms with Crippen molar-refractivity contribution in [3.05, 3.63) is 236 Å². The van der Waals surface area contributed by atoms with Gasteiger partial charge in [0, 0.05) is 148 Å². The lowest BCUT2D eigenvalue weighted by molar-refractivity contribution is 0.0248. The molecule has 23 rings (SSSR count). The molecule has 13 aliphatic rings. The second-order valence-corrected chi connectivity index (χ2v) is 40.1. The quantitative estimate of drug-likeness (QED) is 0.0597. The number of hydrogen-bond acceptors (Lipinski definition) is 31. The molecule has 10 aliphatic heterocycles. The van der Waals surface area contributed by atoms with Crippen LogP contribution in [0.2, 0.25) is 25.1 Å². The van der Waals surface area contributed by atoms with Gasteiger partial charge in [0.25, 0.3) is 0 Å². The minimum atomic E-state index is -0.757. The van der Waals surface area contributed by atoms with E-state index in [-0.39, 0.29) is 6.61 Å². The van der Waals surface area contributed by atoms with Gasteiger partial charge < -0.3 is 63.4 Å². The summed E-state index contributed by atoms with van der Waals surface area (Å²) in [5, 5.41) is 22.9. The molecule has 19 heterocycles. The van der Waals surface area contributed by atoms with Crippen LogP contribution in [0, 0.1) is 50.9 Å². The van der Waals surface area contributed by atoms with Gasteiger partial charge in [-0.1, -0.05) is 76.6 Å². The van der Waals surface area contributed by atoms with Crippen LogP contribution in [0.3, 0.4) is 0 Å². The number of aryl methyl sites for hydroxylation is 5. The highest BCUT2D eigenvalue weighted by molar-refractivity contribution is 6.38. The molecule has 9 aromatic heterocycles. The van der Waals surface area contributed by atoms with Crippen LogP contribution in [0.5, 0.6) is 0 Å². The van der Waals surface area contributed by atoms with Crippen LogP contribution >= 0.6 is 58.0 Å². The predicted molar refractivity (Wildman–Crippen MR) is 528 cm³/mol. The van der Waals surface area contributed by atoms with E-state index in [9.17, 15) is 10.2 Å². The second-order valence-electron chi connectivity index (χ2n) is 38.2. The highest BCUT2D eigenvalue weighted by Gasteiger charge is 2.49. The van der Waals surface area contributed by atoms with Crippen molar-refractivity contribution in [1.82, 2.24) is 69.8 Å². The van der Waals surface area contributed by atoms with E-state index in [2.05, 4.69) is 79.4 Å². The van der Waals surface area contributed by atoms with E-state index in [0.29, 0.717) is 125 Å². The molecule has 5 saturated heterocycles. The Balaban J connectivity index is 0.000000108. The van der Waals surface area contributed by atoms with Crippen LogP contribution in [0.15, 0.2) is 123 Å². The minimum Gasteiger partial charge on any atom is -0.394 e. The molecule has 0 amide bonds. The fourth-order valence-corrected chi connectivity index (χ4v) is 22.3. The van der Waals surface area contributed by atoms with E-state index in [1.54, 1.807) is 37.2 Å². The summed E-state index contributed by atoms with van der Waals surface area (Å²) in [5.41, 5.74) is 51.9. The molecule has 3 aliphatic carbocycles. The zero-order valence-corrected chi connectivity index (χ0v) is 80.2. The van der Waals surface area contributed by atoms with E-state index < -0.39 is 11.1 Å². The third-order valence-electron chi connectivity index (χ3n) is 30.5. The Kier molecular flexibility index (Phi) is 26.6. The lowest BCUT2D eigenvalue weighted by Gasteiger charge is -2.52. The number of nitrogens with zero attached hydrogens (tertiary/aromatic N) is 24. The summed E-state index contributed by atoms with van der Waals surface area (Å²) in [6, 6.07) is 14.5. The summed E-state index contributed by atoms with van der Waals surface area (Å²) in [7, 11) is 0. The molecule has 1 aromatic carbocycles. The Morgan fingerprint density at radius 3 is 0.910 bits per heavy atom. The summed E-state index contributed by atoms with van der Waals surface area (Å²) in [6.45, 7) is 21.5. The standard InChI is InChI=1S/C21H25ClN6.2C20H23ClN6.C19H22ClN5O.C18H21ClN6O/c1-13-18(22)14(4-8-24-13)19-20-15(11-25-19)27-17(12-26-20)28-9-6-21(7-10-28)5-2-3-16(21)23;2*1-12-17(21)13(3-7-23-12)18-19-14(10-24-18)26-16(11-25-19)27-8-5-20(6-9-27)4-2-15(20)22;1-12-3-2-4-13(20)16(12)18-17-14(9-22-18)24-15(10-23-17)25-7-5-19(21,11-26)6-8-25;1-11-15(19)12(2-5-21-11)16-17-13(8-22-16)24-14(9-23-17)25-6-3-18(26,10-20)4-7-25/h4,8,12,16H,2-3,5-7,9-11,23H2,1H3;2*3,7,11,15H,2,4-6,8-10,22H2,1H3;2-4,10,26H,5-9,11,21H2,1H3;2,5,9,26H,3-4,6-8,10,20H2,1H3/t16-;;;;/m1..../s1. The van der Waals surface area contributed by atoms with Crippen molar-refractivity contribution >= 4 is 116 Å². The number of halogens is 5. The van der Waals surface area contributed by atoms with Crippen molar-refractivity contribution in [3.8, 4) is 0 Å². The molecule has 12 N–H and O–H groups in total. The van der Waals surface area contributed by atoms with Crippen LogP contribution in [0.25, 0.3) is 0 Å².